The first-order chi connectivity index (χ1) is 13.6. The van der Waals surface area contributed by atoms with Crippen molar-refractivity contribution in [1.29, 1.82) is 0 Å². The van der Waals surface area contributed by atoms with Crippen LogP contribution < -0.4 is 10.5 Å². The van der Waals surface area contributed by atoms with Gasteiger partial charge in [0.1, 0.15) is 5.82 Å². The van der Waals surface area contributed by atoms with E-state index in [4.69, 9.17) is 4.98 Å². The Morgan fingerprint density at radius 3 is 2.68 bits per heavy atom. The maximum Gasteiger partial charge on any atom is 0.259 e. The van der Waals surface area contributed by atoms with Crippen molar-refractivity contribution >= 4 is 22.0 Å². The summed E-state index contributed by atoms with van der Waals surface area (Å²) >= 11 is 1.69. The van der Waals surface area contributed by atoms with Gasteiger partial charge in [0.05, 0.1) is 12.2 Å². The minimum absolute atomic E-state index is 0.0424. The van der Waals surface area contributed by atoms with Crippen LogP contribution in [0.25, 0.3) is 4.96 Å². The van der Waals surface area contributed by atoms with Crippen molar-refractivity contribution in [2.24, 2.45) is 0 Å². The second-order valence-electron chi connectivity index (χ2n) is 8.06. The molecule has 2 heterocycles. The number of aryl methyl sites for hydroxylation is 1. The Balaban J connectivity index is 1.52. The predicted molar refractivity (Wildman–Crippen MR) is 111 cm³/mol. The molecule has 0 atom stereocenters. The van der Waals surface area contributed by atoms with E-state index in [1.807, 2.05) is 4.40 Å². The molecule has 1 fully saturated rings. The molecule has 5 rings (SSSR count). The van der Waals surface area contributed by atoms with Gasteiger partial charge in [0.2, 0.25) is 0 Å². The maximum atomic E-state index is 13.2. The Hall–Kier alpha value is -2.21. The quantitative estimate of drug-likeness (QED) is 0.642. The largest absolute Gasteiger partial charge is 0.366 e. The second kappa shape index (κ2) is 6.69. The number of aromatic nitrogens is 2. The fourth-order valence-corrected chi connectivity index (χ4v) is 6.35. The van der Waals surface area contributed by atoms with Gasteiger partial charge in [-0.25, -0.2) is 9.37 Å². The van der Waals surface area contributed by atoms with E-state index in [-0.39, 0.29) is 16.8 Å². The van der Waals surface area contributed by atoms with Gasteiger partial charge in [0.25, 0.3) is 5.56 Å². The zero-order chi connectivity index (χ0) is 19.3. The number of nitrogens with zero attached hydrogens (tertiary/aromatic N) is 3. The van der Waals surface area contributed by atoms with Crippen molar-refractivity contribution in [3.63, 3.8) is 0 Å². The van der Waals surface area contributed by atoms with Gasteiger partial charge in [-0.05, 0) is 56.9 Å². The Labute approximate surface area is 167 Å². The van der Waals surface area contributed by atoms with Crippen LogP contribution in [0.3, 0.4) is 0 Å². The van der Waals surface area contributed by atoms with Crippen molar-refractivity contribution < 1.29 is 4.39 Å². The number of hydrogen-bond donors (Lipinski definition) is 0. The fourth-order valence-electron chi connectivity index (χ4n) is 5.09. The van der Waals surface area contributed by atoms with Gasteiger partial charge >= 0.3 is 0 Å². The lowest BCUT2D eigenvalue weighted by atomic mass is 9.84. The summed E-state index contributed by atoms with van der Waals surface area (Å²) in [7, 11) is 0. The van der Waals surface area contributed by atoms with Gasteiger partial charge in [-0.15, -0.1) is 11.3 Å². The van der Waals surface area contributed by atoms with E-state index < -0.39 is 0 Å². The average molecular weight is 398 g/mol. The molecular weight excluding hydrogens is 373 g/mol. The third kappa shape index (κ3) is 2.77. The van der Waals surface area contributed by atoms with E-state index in [0.29, 0.717) is 6.54 Å². The zero-order valence-electron chi connectivity index (χ0n) is 16.1. The Kier molecular flexibility index (Phi) is 4.27. The number of rotatable bonds is 4. The van der Waals surface area contributed by atoms with Gasteiger partial charge in [-0.2, -0.15) is 0 Å². The minimum atomic E-state index is -0.244. The molecule has 2 aromatic heterocycles. The van der Waals surface area contributed by atoms with E-state index in [9.17, 15) is 9.18 Å². The first-order valence-electron chi connectivity index (χ1n) is 10.1. The highest BCUT2D eigenvalue weighted by atomic mass is 32.1. The molecule has 1 aromatic carbocycles. The van der Waals surface area contributed by atoms with Crippen LogP contribution in [0.15, 0.2) is 35.1 Å². The minimum Gasteiger partial charge on any atom is -0.366 e. The summed E-state index contributed by atoms with van der Waals surface area (Å²) in [6.07, 6.45) is 7.20. The normalized spacial score (nSPS) is 17.5. The molecule has 0 unspecified atom stereocenters. The van der Waals surface area contributed by atoms with Crippen molar-refractivity contribution in [3.8, 4) is 0 Å². The van der Waals surface area contributed by atoms with Crippen LogP contribution in [-0.2, 0) is 18.4 Å². The van der Waals surface area contributed by atoms with E-state index in [1.54, 1.807) is 29.5 Å². The van der Waals surface area contributed by atoms with Gasteiger partial charge in [-0.3, -0.25) is 9.20 Å². The number of hydrogen-bond acceptors (Lipinski definition) is 4. The SMILES string of the molecule is CCN(Cc1cc(=O)n2c3c(sc2n1)CCC31CCCC1)c1ccc(F)cc1. The van der Waals surface area contributed by atoms with Crippen LogP contribution in [0.4, 0.5) is 10.1 Å². The monoisotopic (exact) mass is 397 g/mol. The van der Waals surface area contributed by atoms with E-state index in [2.05, 4.69) is 11.8 Å². The van der Waals surface area contributed by atoms with E-state index in [0.717, 1.165) is 29.3 Å². The van der Waals surface area contributed by atoms with Crippen LogP contribution in [0, 0.1) is 5.82 Å². The summed E-state index contributed by atoms with van der Waals surface area (Å²) in [5, 5.41) is 0. The van der Waals surface area contributed by atoms with Gasteiger partial charge in [0, 0.05) is 34.3 Å². The fraction of sp³-hybridized carbons (Fsp3) is 0.455. The van der Waals surface area contributed by atoms with Crippen LogP contribution in [0.1, 0.15) is 55.3 Å². The smallest absolute Gasteiger partial charge is 0.259 e. The Morgan fingerprint density at radius 2 is 1.96 bits per heavy atom. The number of halogens is 1. The molecule has 2 aliphatic rings. The van der Waals surface area contributed by atoms with Crippen LogP contribution in [0.2, 0.25) is 0 Å². The summed E-state index contributed by atoms with van der Waals surface area (Å²) in [6.45, 7) is 3.36. The lowest BCUT2D eigenvalue weighted by Gasteiger charge is -2.24. The van der Waals surface area contributed by atoms with Crippen LogP contribution in [0.5, 0.6) is 0 Å². The topological polar surface area (TPSA) is 37.6 Å². The summed E-state index contributed by atoms with van der Waals surface area (Å²) in [5.41, 5.74) is 3.23. The van der Waals surface area contributed by atoms with Crippen molar-refractivity contribution in [1.82, 2.24) is 9.38 Å². The van der Waals surface area contributed by atoms with Crippen molar-refractivity contribution in [2.75, 3.05) is 11.4 Å². The number of fused-ring (bicyclic) bond motifs is 4. The summed E-state index contributed by atoms with van der Waals surface area (Å²) in [5.74, 6) is -0.244. The highest BCUT2D eigenvalue weighted by molar-refractivity contribution is 7.17. The highest BCUT2D eigenvalue weighted by Gasteiger charge is 2.44. The van der Waals surface area contributed by atoms with Crippen molar-refractivity contribution in [3.05, 3.63) is 62.8 Å². The maximum absolute atomic E-state index is 13.2. The summed E-state index contributed by atoms with van der Waals surface area (Å²) < 4.78 is 15.1. The van der Waals surface area contributed by atoms with Crippen LogP contribution >= 0.6 is 11.3 Å². The summed E-state index contributed by atoms with van der Waals surface area (Å²) in [4.78, 5) is 22.2. The highest BCUT2D eigenvalue weighted by Crippen LogP contribution is 2.51. The number of thiazole rings is 1. The van der Waals surface area contributed by atoms with Crippen LogP contribution in [-0.4, -0.2) is 15.9 Å². The molecule has 0 amide bonds. The molecule has 0 aliphatic heterocycles. The molecule has 1 saturated carbocycles. The molecule has 146 valence electrons. The molecule has 0 radical (unpaired) electrons. The third-order valence-corrected chi connectivity index (χ3v) is 7.56. The van der Waals surface area contributed by atoms with Gasteiger partial charge < -0.3 is 4.90 Å². The lowest BCUT2D eigenvalue weighted by molar-refractivity contribution is 0.423. The molecule has 28 heavy (non-hydrogen) atoms. The van der Waals surface area contributed by atoms with Gasteiger partial charge in [-0.1, -0.05) is 12.8 Å². The Morgan fingerprint density at radius 1 is 1.21 bits per heavy atom. The van der Waals surface area contributed by atoms with E-state index in [1.165, 1.54) is 54.8 Å². The molecule has 6 heteroatoms. The van der Waals surface area contributed by atoms with Gasteiger partial charge in [0.15, 0.2) is 4.96 Å². The lowest BCUT2D eigenvalue weighted by Crippen LogP contribution is -2.28. The van der Waals surface area contributed by atoms with E-state index >= 15 is 0 Å². The molecule has 2 aliphatic carbocycles. The standard InChI is InChI=1S/C22H24FN3OS/c1-2-25(17-7-5-15(23)6-8-17)14-16-13-19(27)26-20-18(28-21(26)24-16)9-12-22(20)10-3-4-11-22/h5-8,13H,2-4,9-12,14H2,1H3. The Bertz CT molecular complexity index is 1080. The predicted octanol–water partition coefficient (Wildman–Crippen LogP) is 4.68. The average Bonchev–Trinajstić information content (AvgIpc) is 3.38. The molecule has 1 spiro atoms. The number of anilines is 1. The van der Waals surface area contributed by atoms with Crippen molar-refractivity contribution in [2.45, 2.75) is 57.4 Å². The molecule has 0 N–H and O–H groups in total. The zero-order valence-corrected chi connectivity index (χ0v) is 16.9. The number of benzene rings is 1. The molecule has 3 aromatic rings. The molecule has 4 nitrogen and oxygen atoms in total. The first kappa shape index (κ1) is 17.9. The first-order valence-corrected chi connectivity index (χ1v) is 11.0. The molecule has 0 bridgehead atoms. The third-order valence-electron chi connectivity index (χ3n) is 6.46. The summed E-state index contributed by atoms with van der Waals surface area (Å²) in [6, 6.07) is 8.16. The second-order valence-corrected chi connectivity index (χ2v) is 9.12. The molecular formula is C22H24FN3OS. The molecule has 0 saturated heterocycles.